The highest BCUT2D eigenvalue weighted by Gasteiger charge is 2.24. The molecule has 6 nitrogen and oxygen atoms in total. The number of carbonyl (C=O) groups excluding carboxylic acids is 1. The molecule has 1 fully saturated rings. The lowest BCUT2D eigenvalue weighted by Crippen LogP contribution is -2.43. The third-order valence-corrected chi connectivity index (χ3v) is 5.55. The van der Waals surface area contributed by atoms with Crippen molar-refractivity contribution >= 4 is 5.91 Å². The van der Waals surface area contributed by atoms with E-state index in [2.05, 4.69) is 22.3 Å². The normalized spacial score (nSPS) is 15.0. The molecule has 0 aromatic heterocycles. The van der Waals surface area contributed by atoms with Crippen LogP contribution in [0.1, 0.15) is 22.0 Å². The second-order valence-corrected chi connectivity index (χ2v) is 7.56. The van der Waals surface area contributed by atoms with E-state index in [1.807, 2.05) is 60.7 Å². The first kappa shape index (κ1) is 21.9. The summed E-state index contributed by atoms with van der Waals surface area (Å²) in [7, 11) is 1.66. The number of nitrogens with one attached hydrogen (secondary N) is 1. The van der Waals surface area contributed by atoms with Crippen LogP contribution < -0.4 is 14.8 Å². The zero-order valence-electron chi connectivity index (χ0n) is 18.2. The van der Waals surface area contributed by atoms with Crippen LogP contribution in [0.25, 0.3) is 0 Å². The van der Waals surface area contributed by atoms with E-state index in [1.165, 1.54) is 0 Å². The number of methoxy groups -OCH3 is 1. The van der Waals surface area contributed by atoms with Crippen LogP contribution in [0.5, 0.6) is 17.2 Å². The Morgan fingerprint density at radius 3 is 2.34 bits per heavy atom. The standard InChI is InChI=1S/C26H28N2O4/c1-30-21-13-11-20(12-14-21)24(28-15-17-31-18-16-28)19-27-26(29)23-9-5-6-10-25(23)32-22-7-3-2-4-8-22/h2-14,24H,15-19H2,1H3,(H,27,29). The van der Waals surface area contributed by atoms with Crippen LogP contribution in [0.4, 0.5) is 0 Å². The van der Waals surface area contributed by atoms with Gasteiger partial charge in [0.15, 0.2) is 0 Å². The first-order valence-electron chi connectivity index (χ1n) is 10.8. The Morgan fingerprint density at radius 2 is 1.62 bits per heavy atom. The Labute approximate surface area is 188 Å². The Kier molecular flexibility index (Phi) is 7.38. The summed E-state index contributed by atoms with van der Waals surface area (Å²) in [6.45, 7) is 3.49. The maximum absolute atomic E-state index is 13.1. The summed E-state index contributed by atoms with van der Waals surface area (Å²) in [6, 6.07) is 24.8. The van der Waals surface area contributed by atoms with Crippen LogP contribution in [0, 0.1) is 0 Å². The Balaban J connectivity index is 1.49. The van der Waals surface area contributed by atoms with Gasteiger partial charge in [0.2, 0.25) is 0 Å². The van der Waals surface area contributed by atoms with Crippen molar-refractivity contribution < 1.29 is 19.0 Å². The second-order valence-electron chi connectivity index (χ2n) is 7.56. The molecule has 0 spiro atoms. The maximum Gasteiger partial charge on any atom is 0.255 e. The van der Waals surface area contributed by atoms with Gasteiger partial charge in [-0.2, -0.15) is 0 Å². The van der Waals surface area contributed by atoms with Gasteiger partial charge in [-0.3, -0.25) is 9.69 Å². The summed E-state index contributed by atoms with van der Waals surface area (Å²) >= 11 is 0. The number of hydrogen-bond acceptors (Lipinski definition) is 5. The molecule has 0 aliphatic carbocycles. The molecule has 1 unspecified atom stereocenters. The van der Waals surface area contributed by atoms with Gasteiger partial charge < -0.3 is 19.5 Å². The maximum atomic E-state index is 13.1. The van der Waals surface area contributed by atoms with Crippen LogP contribution in [-0.2, 0) is 4.74 Å². The number of benzene rings is 3. The molecule has 6 heteroatoms. The monoisotopic (exact) mass is 432 g/mol. The zero-order chi connectivity index (χ0) is 22.2. The van der Waals surface area contributed by atoms with E-state index < -0.39 is 0 Å². The molecule has 1 saturated heterocycles. The van der Waals surface area contributed by atoms with Crippen molar-refractivity contribution in [2.45, 2.75) is 6.04 Å². The summed E-state index contributed by atoms with van der Waals surface area (Å²) in [6.07, 6.45) is 0. The second kappa shape index (κ2) is 10.8. The molecule has 1 N–H and O–H groups in total. The van der Waals surface area contributed by atoms with E-state index in [0.717, 1.165) is 24.4 Å². The Hall–Kier alpha value is -3.35. The summed E-state index contributed by atoms with van der Waals surface area (Å²) < 4.78 is 16.8. The third-order valence-electron chi connectivity index (χ3n) is 5.55. The number of para-hydroxylation sites is 2. The summed E-state index contributed by atoms with van der Waals surface area (Å²) in [5.41, 5.74) is 1.63. The predicted octanol–water partition coefficient (Wildman–Crippen LogP) is 4.29. The summed E-state index contributed by atoms with van der Waals surface area (Å²) in [4.78, 5) is 15.5. The molecular formula is C26H28N2O4. The molecule has 1 atom stereocenters. The predicted molar refractivity (Wildman–Crippen MR) is 123 cm³/mol. The molecule has 3 aromatic carbocycles. The minimum atomic E-state index is -0.164. The van der Waals surface area contributed by atoms with Crippen molar-refractivity contribution in [1.82, 2.24) is 10.2 Å². The van der Waals surface area contributed by atoms with E-state index in [9.17, 15) is 4.79 Å². The third kappa shape index (κ3) is 5.46. The molecule has 1 amide bonds. The lowest BCUT2D eigenvalue weighted by atomic mass is 10.0. The fourth-order valence-corrected chi connectivity index (χ4v) is 3.82. The topological polar surface area (TPSA) is 60.0 Å². The van der Waals surface area contributed by atoms with Crippen LogP contribution >= 0.6 is 0 Å². The van der Waals surface area contributed by atoms with Crippen LogP contribution in [-0.4, -0.2) is 50.8 Å². The minimum Gasteiger partial charge on any atom is -0.497 e. The number of hydrogen-bond donors (Lipinski definition) is 1. The number of morpholine rings is 1. The molecule has 1 heterocycles. The van der Waals surface area contributed by atoms with Gasteiger partial charge >= 0.3 is 0 Å². The van der Waals surface area contributed by atoms with Crippen molar-refractivity contribution in [1.29, 1.82) is 0 Å². The molecule has 1 aliphatic rings. The molecule has 1 aliphatic heterocycles. The van der Waals surface area contributed by atoms with E-state index in [4.69, 9.17) is 14.2 Å². The zero-order valence-corrected chi connectivity index (χ0v) is 18.2. The van der Waals surface area contributed by atoms with Crippen molar-refractivity contribution in [3.05, 3.63) is 90.0 Å². The fourth-order valence-electron chi connectivity index (χ4n) is 3.82. The van der Waals surface area contributed by atoms with Gasteiger partial charge in [-0.25, -0.2) is 0 Å². The van der Waals surface area contributed by atoms with Crippen LogP contribution in [0.2, 0.25) is 0 Å². The van der Waals surface area contributed by atoms with Crippen molar-refractivity contribution in [2.75, 3.05) is 40.0 Å². The molecule has 0 radical (unpaired) electrons. The average Bonchev–Trinajstić information content (AvgIpc) is 2.86. The number of rotatable bonds is 8. The molecule has 166 valence electrons. The van der Waals surface area contributed by atoms with Crippen LogP contribution in [0.15, 0.2) is 78.9 Å². The minimum absolute atomic E-state index is 0.0379. The van der Waals surface area contributed by atoms with Gasteiger partial charge in [0.25, 0.3) is 5.91 Å². The SMILES string of the molecule is COc1ccc(C(CNC(=O)c2ccccc2Oc2ccccc2)N2CCOCC2)cc1. The number of amides is 1. The first-order valence-corrected chi connectivity index (χ1v) is 10.8. The Bertz CT molecular complexity index is 1000. The lowest BCUT2D eigenvalue weighted by Gasteiger charge is -2.35. The van der Waals surface area contributed by atoms with Crippen molar-refractivity contribution in [2.24, 2.45) is 0 Å². The Morgan fingerprint density at radius 1 is 0.938 bits per heavy atom. The molecular weight excluding hydrogens is 404 g/mol. The highest BCUT2D eigenvalue weighted by molar-refractivity contribution is 5.97. The highest BCUT2D eigenvalue weighted by atomic mass is 16.5. The van der Waals surface area contributed by atoms with Crippen LogP contribution in [0.3, 0.4) is 0 Å². The highest BCUT2D eigenvalue weighted by Crippen LogP contribution is 2.26. The molecule has 4 rings (SSSR count). The van der Waals surface area contributed by atoms with E-state index in [1.54, 1.807) is 13.2 Å². The van der Waals surface area contributed by atoms with E-state index in [-0.39, 0.29) is 11.9 Å². The number of carbonyl (C=O) groups is 1. The van der Waals surface area contributed by atoms with Gasteiger partial charge in [-0.1, -0.05) is 42.5 Å². The molecule has 3 aromatic rings. The van der Waals surface area contributed by atoms with E-state index in [0.29, 0.717) is 36.8 Å². The number of nitrogens with zero attached hydrogens (tertiary/aromatic N) is 1. The van der Waals surface area contributed by atoms with Gasteiger partial charge in [0.1, 0.15) is 17.2 Å². The summed E-state index contributed by atoms with van der Waals surface area (Å²) in [5, 5.41) is 3.12. The number of ether oxygens (including phenoxy) is 3. The van der Waals surface area contributed by atoms with Crippen molar-refractivity contribution in [3.63, 3.8) is 0 Å². The largest absolute Gasteiger partial charge is 0.497 e. The molecule has 0 saturated carbocycles. The van der Waals surface area contributed by atoms with Gasteiger partial charge in [0.05, 0.1) is 31.9 Å². The molecule has 32 heavy (non-hydrogen) atoms. The van der Waals surface area contributed by atoms with Gasteiger partial charge in [-0.05, 0) is 42.0 Å². The van der Waals surface area contributed by atoms with Gasteiger partial charge in [0, 0.05) is 19.6 Å². The fraction of sp³-hybridized carbons (Fsp3) is 0.269. The lowest BCUT2D eigenvalue weighted by molar-refractivity contribution is 0.0162. The van der Waals surface area contributed by atoms with E-state index >= 15 is 0 Å². The summed E-state index contributed by atoms with van der Waals surface area (Å²) in [5.74, 6) is 1.87. The average molecular weight is 433 g/mol. The van der Waals surface area contributed by atoms with Crippen molar-refractivity contribution in [3.8, 4) is 17.2 Å². The van der Waals surface area contributed by atoms with Gasteiger partial charge in [-0.15, -0.1) is 0 Å². The quantitative estimate of drug-likeness (QED) is 0.575. The molecule has 0 bridgehead atoms. The first-order chi connectivity index (χ1) is 15.7. The smallest absolute Gasteiger partial charge is 0.255 e.